The molecule has 1 aromatic carbocycles. The molecule has 0 saturated heterocycles. The number of carbonyl (C=O) groups is 1. The van der Waals surface area contributed by atoms with Gasteiger partial charge in [-0.05, 0) is 12.1 Å². The third kappa shape index (κ3) is 2.54. The van der Waals surface area contributed by atoms with Gasteiger partial charge in [-0.15, -0.1) is 6.42 Å². The molecule has 0 heterocycles. The van der Waals surface area contributed by atoms with Gasteiger partial charge in [-0.2, -0.15) is 0 Å². The summed E-state index contributed by atoms with van der Waals surface area (Å²) in [6.07, 6.45) is 4.92. The van der Waals surface area contributed by atoms with Crippen molar-refractivity contribution in [2.45, 2.75) is 0 Å². The Morgan fingerprint density at radius 2 is 2.31 bits per heavy atom. The second kappa shape index (κ2) is 4.89. The van der Waals surface area contributed by atoms with Crippen molar-refractivity contribution in [2.24, 2.45) is 0 Å². The molecule has 0 aliphatic carbocycles. The summed E-state index contributed by atoms with van der Waals surface area (Å²) in [5.41, 5.74) is -0.809. The van der Waals surface area contributed by atoms with Gasteiger partial charge in [0.2, 0.25) is 0 Å². The molecule has 0 aliphatic rings. The number of nitrogens with one attached hydrogen (secondary N) is 1. The van der Waals surface area contributed by atoms with Crippen molar-refractivity contribution in [1.29, 1.82) is 0 Å². The molecule has 0 bridgehead atoms. The smallest absolute Gasteiger partial charge is 0.285 e. The SMILES string of the molecule is C#CCNC(=O)c1ccc(F)cc1[N+](=O)[O-]. The highest BCUT2D eigenvalue weighted by molar-refractivity contribution is 5.98. The maximum absolute atomic E-state index is 12.8. The van der Waals surface area contributed by atoms with Gasteiger partial charge >= 0.3 is 0 Å². The van der Waals surface area contributed by atoms with E-state index in [1.807, 2.05) is 0 Å². The number of nitrogens with zero attached hydrogens (tertiary/aromatic N) is 1. The summed E-state index contributed by atoms with van der Waals surface area (Å²) in [6, 6.07) is 2.70. The van der Waals surface area contributed by atoms with Crippen LogP contribution < -0.4 is 5.32 Å². The number of nitro groups is 1. The molecule has 0 aliphatic heterocycles. The van der Waals surface area contributed by atoms with Crippen molar-refractivity contribution in [3.05, 3.63) is 39.7 Å². The molecule has 0 spiro atoms. The van der Waals surface area contributed by atoms with Crippen LogP contribution in [-0.4, -0.2) is 17.4 Å². The second-order valence-corrected chi connectivity index (χ2v) is 2.81. The number of terminal acetylenes is 1. The minimum absolute atomic E-state index is 0.0482. The van der Waals surface area contributed by atoms with Gasteiger partial charge in [-0.3, -0.25) is 14.9 Å². The Kier molecular flexibility index (Phi) is 3.56. The number of carbonyl (C=O) groups excluding carboxylic acids is 1. The largest absolute Gasteiger partial charge is 0.341 e. The predicted molar refractivity (Wildman–Crippen MR) is 54.2 cm³/mol. The zero-order chi connectivity index (χ0) is 12.1. The highest BCUT2D eigenvalue weighted by atomic mass is 19.1. The first-order valence-electron chi connectivity index (χ1n) is 4.22. The maximum Gasteiger partial charge on any atom is 0.285 e. The zero-order valence-electron chi connectivity index (χ0n) is 8.07. The molecule has 1 rings (SSSR count). The van der Waals surface area contributed by atoms with Gasteiger partial charge in [0.25, 0.3) is 11.6 Å². The van der Waals surface area contributed by atoms with E-state index in [0.29, 0.717) is 6.07 Å². The van der Waals surface area contributed by atoms with Crippen LogP contribution in [0.5, 0.6) is 0 Å². The Hall–Kier alpha value is -2.42. The van der Waals surface area contributed by atoms with E-state index in [4.69, 9.17) is 6.42 Å². The Morgan fingerprint density at radius 3 is 2.88 bits per heavy atom. The number of benzene rings is 1. The molecule has 6 heteroatoms. The molecule has 0 unspecified atom stereocenters. The van der Waals surface area contributed by atoms with E-state index >= 15 is 0 Å². The molecular weight excluding hydrogens is 215 g/mol. The predicted octanol–water partition coefficient (Wildman–Crippen LogP) is 1.10. The molecule has 82 valence electrons. The van der Waals surface area contributed by atoms with Crippen LogP contribution in [0.3, 0.4) is 0 Å². The van der Waals surface area contributed by atoms with Crippen LogP contribution in [0.4, 0.5) is 10.1 Å². The fourth-order valence-electron chi connectivity index (χ4n) is 1.07. The molecule has 16 heavy (non-hydrogen) atoms. The third-order valence-corrected chi connectivity index (χ3v) is 1.75. The molecule has 1 N–H and O–H groups in total. The molecule has 5 nitrogen and oxygen atoms in total. The number of hydrogen-bond donors (Lipinski definition) is 1. The lowest BCUT2D eigenvalue weighted by atomic mass is 10.1. The van der Waals surface area contributed by atoms with Crippen LogP contribution in [0.1, 0.15) is 10.4 Å². The first-order valence-corrected chi connectivity index (χ1v) is 4.22. The lowest BCUT2D eigenvalue weighted by Gasteiger charge is -2.02. The average molecular weight is 222 g/mol. The normalized spacial score (nSPS) is 9.25. The summed E-state index contributed by atoms with van der Waals surface area (Å²) in [5, 5.41) is 12.8. The van der Waals surface area contributed by atoms with Crippen molar-refractivity contribution < 1.29 is 14.1 Å². The summed E-state index contributed by atoms with van der Waals surface area (Å²) < 4.78 is 12.8. The van der Waals surface area contributed by atoms with Crippen molar-refractivity contribution in [2.75, 3.05) is 6.54 Å². The molecule has 1 aromatic rings. The first kappa shape index (κ1) is 11.7. The minimum Gasteiger partial charge on any atom is -0.341 e. The van der Waals surface area contributed by atoms with E-state index in [0.717, 1.165) is 12.1 Å². The van der Waals surface area contributed by atoms with Gasteiger partial charge in [-0.25, -0.2) is 4.39 Å². The summed E-state index contributed by atoms with van der Waals surface area (Å²) in [7, 11) is 0. The second-order valence-electron chi connectivity index (χ2n) is 2.81. The summed E-state index contributed by atoms with van der Waals surface area (Å²) >= 11 is 0. The van der Waals surface area contributed by atoms with Gasteiger partial charge in [0.1, 0.15) is 11.4 Å². The standard InChI is InChI=1S/C10H7FN2O3/c1-2-5-12-10(14)8-4-3-7(11)6-9(8)13(15)16/h1,3-4,6H,5H2,(H,12,14). The molecule has 0 aromatic heterocycles. The maximum atomic E-state index is 12.8. The number of hydrogen-bond acceptors (Lipinski definition) is 3. The number of halogens is 1. The van der Waals surface area contributed by atoms with Crippen LogP contribution in [-0.2, 0) is 0 Å². The average Bonchev–Trinajstić information content (AvgIpc) is 2.25. The van der Waals surface area contributed by atoms with Crippen LogP contribution in [0.15, 0.2) is 18.2 Å². The van der Waals surface area contributed by atoms with Gasteiger partial charge in [0.05, 0.1) is 17.5 Å². The van der Waals surface area contributed by atoms with E-state index < -0.39 is 22.3 Å². The van der Waals surface area contributed by atoms with E-state index in [1.165, 1.54) is 0 Å². The summed E-state index contributed by atoms with van der Waals surface area (Å²) in [4.78, 5) is 21.2. The monoisotopic (exact) mass is 222 g/mol. The van der Waals surface area contributed by atoms with Crippen LogP contribution in [0.25, 0.3) is 0 Å². The molecular formula is C10H7FN2O3. The Morgan fingerprint density at radius 1 is 1.62 bits per heavy atom. The fraction of sp³-hybridized carbons (Fsp3) is 0.100. The number of amides is 1. The highest BCUT2D eigenvalue weighted by Crippen LogP contribution is 2.19. The van der Waals surface area contributed by atoms with Gasteiger partial charge in [0.15, 0.2) is 0 Å². The van der Waals surface area contributed by atoms with Crippen LogP contribution in [0.2, 0.25) is 0 Å². The zero-order valence-corrected chi connectivity index (χ0v) is 8.07. The van der Waals surface area contributed by atoms with Gasteiger partial charge in [0, 0.05) is 0 Å². The van der Waals surface area contributed by atoms with Crippen LogP contribution >= 0.6 is 0 Å². The number of rotatable bonds is 3. The Bertz CT molecular complexity index is 479. The number of nitro benzene ring substituents is 1. The Labute approximate surface area is 90.4 Å². The lowest BCUT2D eigenvalue weighted by Crippen LogP contribution is -2.24. The topological polar surface area (TPSA) is 72.2 Å². The van der Waals surface area contributed by atoms with Crippen molar-refractivity contribution in [1.82, 2.24) is 5.32 Å². The first-order chi connectivity index (χ1) is 7.56. The van der Waals surface area contributed by atoms with Crippen LogP contribution in [0, 0.1) is 28.3 Å². The van der Waals surface area contributed by atoms with E-state index in [2.05, 4.69) is 11.2 Å². The summed E-state index contributed by atoms with van der Waals surface area (Å²) in [6.45, 7) is -0.0482. The molecule has 0 radical (unpaired) electrons. The Balaban J connectivity index is 3.08. The fourth-order valence-corrected chi connectivity index (χ4v) is 1.07. The highest BCUT2D eigenvalue weighted by Gasteiger charge is 2.20. The van der Waals surface area contributed by atoms with Gasteiger partial charge < -0.3 is 5.32 Å². The summed E-state index contributed by atoms with van der Waals surface area (Å²) in [5.74, 6) is 0.671. The minimum atomic E-state index is -0.826. The molecule has 0 fully saturated rings. The van der Waals surface area contributed by atoms with Gasteiger partial charge in [-0.1, -0.05) is 5.92 Å². The molecule has 1 amide bonds. The third-order valence-electron chi connectivity index (χ3n) is 1.75. The van der Waals surface area contributed by atoms with E-state index in [1.54, 1.807) is 0 Å². The lowest BCUT2D eigenvalue weighted by molar-refractivity contribution is -0.385. The molecule has 0 atom stereocenters. The molecule has 0 saturated carbocycles. The quantitative estimate of drug-likeness (QED) is 0.472. The van der Waals surface area contributed by atoms with E-state index in [-0.39, 0.29) is 12.1 Å². The van der Waals surface area contributed by atoms with Crippen molar-refractivity contribution in [3.63, 3.8) is 0 Å². The van der Waals surface area contributed by atoms with E-state index in [9.17, 15) is 19.3 Å². The van der Waals surface area contributed by atoms with Crippen molar-refractivity contribution in [3.8, 4) is 12.3 Å². The van der Waals surface area contributed by atoms with Crippen molar-refractivity contribution >= 4 is 11.6 Å².